The molecule has 5 heteroatoms. The predicted molar refractivity (Wildman–Crippen MR) is 101 cm³/mol. The summed E-state index contributed by atoms with van der Waals surface area (Å²) in [4.78, 5) is 4.46. The first kappa shape index (κ1) is 17.2. The van der Waals surface area contributed by atoms with Crippen LogP contribution in [-0.4, -0.2) is 4.98 Å². The van der Waals surface area contributed by atoms with Crippen molar-refractivity contribution in [2.45, 2.75) is 12.6 Å². The van der Waals surface area contributed by atoms with Gasteiger partial charge < -0.3 is 5.32 Å². The van der Waals surface area contributed by atoms with Gasteiger partial charge in [-0.25, -0.2) is 0 Å². The Morgan fingerprint density at radius 1 is 0.875 bits per heavy atom. The molecule has 3 aromatic rings. The van der Waals surface area contributed by atoms with Crippen LogP contribution in [0.2, 0.25) is 15.1 Å². The van der Waals surface area contributed by atoms with Gasteiger partial charge in [0.1, 0.15) is 0 Å². The normalized spacial score (nSPS) is 12.1. The molecule has 0 aliphatic heterocycles. The number of benzene rings is 2. The Bertz CT molecular complexity index is 805. The van der Waals surface area contributed by atoms with E-state index in [0.717, 1.165) is 16.8 Å². The van der Waals surface area contributed by atoms with Gasteiger partial charge >= 0.3 is 0 Å². The van der Waals surface area contributed by atoms with E-state index in [4.69, 9.17) is 34.8 Å². The van der Waals surface area contributed by atoms with Crippen molar-refractivity contribution in [2.75, 3.05) is 0 Å². The molecular formula is C19H15Cl3N2. The molecular weight excluding hydrogens is 363 g/mol. The molecule has 0 bridgehead atoms. The van der Waals surface area contributed by atoms with Gasteiger partial charge in [0.25, 0.3) is 0 Å². The fourth-order valence-corrected chi connectivity index (χ4v) is 2.90. The lowest BCUT2D eigenvalue weighted by atomic mass is 10.0. The third-order valence-electron chi connectivity index (χ3n) is 3.67. The maximum Gasteiger partial charge on any atom is 0.0754 e. The molecule has 0 fully saturated rings. The van der Waals surface area contributed by atoms with E-state index in [1.807, 2.05) is 42.5 Å². The zero-order valence-electron chi connectivity index (χ0n) is 12.7. The third-order valence-corrected chi connectivity index (χ3v) is 4.64. The molecule has 2 aromatic carbocycles. The molecule has 0 amide bonds. The fourth-order valence-electron chi connectivity index (χ4n) is 2.47. The van der Waals surface area contributed by atoms with E-state index in [0.29, 0.717) is 21.6 Å². The Kier molecular flexibility index (Phi) is 5.75. The predicted octanol–water partition coefficient (Wildman–Crippen LogP) is 5.92. The summed E-state index contributed by atoms with van der Waals surface area (Å²) in [6, 6.07) is 19.5. The Balaban J connectivity index is 1.84. The fraction of sp³-hybridized carbons (Fsp3) is 0.105. The smallest absolute Gasteiger partial charge is 0.0754 e. The number of pyridine rings is 1. The Morgan fingerprint density at radius 3 is 2.33 bits per heavy atom. The number of halogens is 3. The summed E-state index contributed by atoms with van der Waals surface area (Å²) in [6.45, 7) is 0.640. The Hall–Kier alpha value is -1.58. The van der Waals surface area contributed by atoms with Crippen LogP contribution in [0.1, 0.15) is 22.9 Å². The molecule has 1 N–H and O–H groups in total. The van der Waals surface area contributed by atoms with Crippen LogP contribution in [0.15, 0.2) is 66.9 Å². The average molecular weight is 378 g/mol. The van der Waals surface area contributed by atoms with Crippen LogP contribution in [0.5, 0.6) is 0 Å². The summed E-state index contributed by atoms with van der Waals surface area (Å²) < 4.78 is 0. The van der Waals surface area contributed by atoms with E-state index in [1.54, 1.807) is 12.3 Å². The molecule has 2 nitrogen and oxygen atoms in total. The van der Waals surface area contributed by atoms with Crippen LogP contribution in [-0.2, 0) is 6.54 Å². The summed E-state index contributed by atoms with van der Waals surface area (Å²) in [7, 11) is 0. The standard InChI is InChI=1S/C19H15Cl3N2/c20-15-7-9-18(23-12-15)19(14-4-2-1-3-5-14)24-11-13-6-8-16(21)17(22)10-13/h1-10,12,19,24H,11H2. The van der Waals surface area contributed by atoms with E-state index in [2.05, 4.69) is 22.4 Å². The number of aromatic nitrogens is 1. The highest BCUT2D eigenvalue weighted by Crippen LogP contribution is 2.25. The second-order valence-electron chi connectivity index (χ2n) is 5.37. The Morgan fingerprint density at radius 2 is 1.67 bits per heavy atom. The van der Waals surface area contributed by atoms with Crippen molar-refractivity contribution in [3.8, 4) is 0 Å². The summed E-state index contributed by atoms with van der Waals surface area (Å²) in [6.07, 6.45) is 1.66. The molecule has 0 aliphatic carbocycles. The molecule has 1 aromatic heterocycles. The largest absolute Gasteiger partial charge is 0.301 e. The van der Waals surface area contributed by atoms with Crippen LogP contribution in [0.4, 0.5) is 0 Å². The van der Waals surface area contributed by atoms with Crippen molar-refractivity contribution < 1.29 is 0 Å². The molecule has 24 heavy (non-hydrogen) atoms. The van der Waals surface area contributed by atoms with Crippen LogP contribution < -0.4 is 5.32 Å². The Labute approximate surface area is 156 Å². The summed E-state index contributed by atoms with van der Waals surface area (Å²) in [5.74, 6) is 0. The van der Waals surface area contributed by atoms with Crippen LogP contribution >= 0.6 is 34.8 Å². The number of nitrogens with zero attached hydrogens (tertiary/aromatic N) is 1. The molecule has 122 valence electrons. The molecule has 0 radical (unpaired) electrons. The average Bonchev–Trinajstić information content (AvgIpc) is 2.60. The zero-order chi connectivity index (χ0) is 16.9. The van der Waals surface area contributed by atoms with Gasteiger partial charge in [0.15, 0.2) is 0 Å². The minimum atomic E-state index is -0.0436. The molecule has 0 saturated heterocycles. The molecule has 0 spiro atoms. The number of hydrogen-bond donors (Lipinski definition) is 1. The lowest BCUT2D eigenvalue weighted by molar-refractivity contribution is 0.592. The SMILES string of the molecule is Clc1ccc(C(NCc2ccc(Cl)c(Cl)c2)c2ccccc2)nc1. The monoisotopic (exact) mass is 376 g/mol. The zero-order valence-corrected chi connectivity index (χ0v) is 15.0. The maximum atomic E-state index is 6.09. The van der Waals surface area contributed by atoms with E-state index >= 15 is 0 Å². The lowest BCUT2D eigenvalue weighted by Gasteiger charge is -2.19. The topological polar surface area (TPSA) is 24.9 Å². The van der Waals surface area contributed by atoms with Crippen molar-refractivity contribution in [3.63, 3.8) is 0 Å². The first-order valence-corrected chi connectivity index (χ1v) is 8.60. The van der Waals surface area contributed by atoms with Gasteiger partial charge in [-0.3, -0.25) is 4.98 Å². The number of hydrogen-bond acceptors (Lipinski definition) is 2. The van der Waals surface area contributed by atoms with Gasteiger partial charge in [0, 0.05) is 12.7 Å². The summed E-state index contributed by atoms with van der Waals surface area (Å²) >= 11 is 18.0. The van der Waals surface area contributed by atoms with Gasteiger partial charge in [-0.15, -0.1) is 0 Å². The first-order chi connectivity index (χ1) is 11.6. The highest BCUT2D eigenvalue weighted by atomic mass is 35.5. The van der Waals surface area contributed by atoms with Crippen molar-refractivity contribution in [2.24, 2.45) is 0 Å². The molecule has 0 aliphatic rings. The highest BCUT2D eigenvalue weighted by Gasteiger charge is 2.15. The van der Waals surface area contributed by atoms with Crippen molar-refractivity contribution >= 4 is 34.8 Å². The molecule has 3 rings (SSSR count). The second-order valence-corrected chi connectivity index (χ2v) is 6.63. The second kappa shape index (κ2) is 8.00. The van der Waals surface area contributed by atoms with Crippen LogP contribution in [0.25, 0.3) is 0 Å². The summed E-state index contributed by atoms with van der Waals surface area (Å²) in [5, 5.41) is 5.26. The molecule has 1 heterocycles. The third kappa shape index (κ3) is 4.28. The van der Waals surface area contributed by atoms with Crippen molar-refractivity contribution in [1.29, 1.82) is 0 Å². The van der Waals surface area contributed by atoms with Gasteiger partial charge in [-0.05, 0) is 35.4 Å². The molecule has 0 saturated carbocycles. The highest BCUT2D eigenvalue weighted by molar-refractivity contribution is 6.42. The van der Waals surface area contributed by atoms with Crippen molar-refractivity contribution in [1.82, 2.24) is 10.3 Å². The summed E-state index contributed by atoms with van der Waals surface area (Å²) in [5.41, 5.74) is 3.09. The van der Waals surface area contributed by atoms with Gasteiger partial charge in [0.2, 0.25) is 0 Å². The van der Waals surface area contributed by atoms with E-state index in [-0.39, 0.29) is 6.04 Å². The first-order valence-electron chi connectivity index (χ1n) is 7.47. The van der Waals surface area contributed by atoms with Gasteiger partial charge in [-0.2, -0.15) is 0 Å². The van der Waals surface area contributed by atoms with E-state index < -0.39 is 0 Å². The van der Waals surface area contributed by atoms with Gasteiger partial charge in [-0.1, -0.05) is 71.2 Å². The van der Waals surface area contributed by atoms with E-state index in [1.165, 1.54) is 0 Å². The maximum absolute atomic E-state index is 6.09. The number of rotatable bonds is 5. The van der Waals surface area contributed by atoms with Crippen LogP contribution in [0, 0.1) is 0 Å². The van der Waals surface area contributed by atoms with Crippen LogP contribution in [0.3, 0.4) is 0 Å². The molecule has 1 unspecified atom stereocenters. The quantitative estimate of drug-likeness (QED) is 0.597. The van der Waals surface area contributed by atoms with Gasteiger partial charge in [0.05, 0.1) is 26.8 Å². The lowest BCUT2D eigenvalue weighted by Crippen LogP contribution is -2.23. The minimum absolute atomic E-state index is 0.0436. The number of nitrogens with one attached hydrogen (secondary N) is 1. The molecule has 1 atom stereocenters. The minimum Gasteiger partial charge on any atom is -0.301 e. The van der Waals surface area contributed by atoms with Crippen molar-refractivity contribution in [3.05, 3.63) is 98.7 Å². The van der Waals surface area contributed by atoms with E-state index in [9.17, 15) is 0 Å².